The summed E-state index contributed by atoms with van der Waals surface area (Å²) in [5.74, 6) is 2.27. The molecule has 1 amide bonds. The van der Waals surface area contributed by atoms with E-state index in [0.29, 0.717) is 51.1 Å². The second-order valence-corrected chi connectivity index (χ2v) is 7.86. The summed E-state index contributed by atoms with van der Waals surface area (Å²) in [5, 5.41) is 9.56. The molecule has 0 unspecified atom stereocenters. The van der Waals surface area contributed by atoms with Gasteiger partial charge in [0.05, 0.1) is 6.61 Å². The van der Waals surface area contributed by atoms with Gasteiger partial charge >= 0.3 is 0 Å². The van der Waals surface area contributed by atoms with Gasteiger partial charge in [-0.2, -0.15) is 0 Å². The maximum Gasteiger partial charge on any atom is 0.220 e. The number of aliphatic imine (C=N–C) groups is 1. The first-order valence-electron chi connectivity index (χ1n) is 11.0. The summed E-state index contributed by atoms with van der Waals surface area (Å²) >= 11 is 0. The van der Waals surface area contributed by atoms with E-state index in [2.05, 4.69) is 33.1 Å². The van der Waals surface area contributed by atoms with Gasteiger partial charge in [-0.3, -0.25) is 9.79 Å². The molecule has 1 aromatic rings. The molecule has 0 atom stereocenters. The summed E-state index contributed by atoms with van der Waals surface area (Å²) in [7, 11) is 3.40. The number of benzene rings is 1. The van der Waals surface area contributed by atoms with Crippen molar-refractivity contribution in [2.45, 2.75) is 52.0 Å². The fourth-order valence-electron chi connectivity index (χ4n) is 3.69. The SMILES string of the molecule is CN=C(NCCNC(=O)CC1CCCCC1)NCc1ccc(C)cc1OCCOC.I. The Balaban J connectivity index is 0.00000480. The predicted molar refractivity (Wildman–Crippen MR) is 136 cm³/mol. The Hall–Kier alpha value is -1.55. The molecule has 0 bridgehead atoms. The number of aryl methyl sites for hydroxylation is 1. The summed E-state index contributed by atoms with van der Waals surface area (Å²) in [6.45, 7) is 4.92. The Labute approximate surface area is 204 Å². The second kappa shape index (κ2) is 16.1. The van der Waals surface area contributed by atoms with Crippen molar-refractivity contribution >= 4 is 35.8 Å². The number of guanidine groups is 1. The average Bonchev–Trinajstić information content (AvgIpc) is 2.75. The van der Waals surface area contributed by atoms with Gasteiger partial charge in [-0.15, -0.1) is 24.0 Å². The molecule has 31 heavy (non-hydrogen) atoms. The lowest BCUT2D eigenvalue weighted by Gasteiger charge is -2.21. The Morgan fingerprint density at radius 3 is 2.55 bits per heavy atom. The fourth-order valence-corrected chi connectivity index (χ4v) is 3.69. The van der Waals surface area contributed by atoms with Crippen LogP contribution in [0.2, 0.25) is 0 Å². The minimum atomic E-state index is 0. The van der Waals surface area contributed by atoms with Crippen molar-refractivity contribution in [1.82, 2.24) is 16.0 Å². The number of halogens is 1. The van der Waals surface area contributed by atoms with Crippen molar-refractivity contribution < 1.29 is 14.3 Å². The van der Waals surface area contributed by atoms with E-state index in [4.69, 9.17) is 9.47 Å². The van der Waals surface area contributed by atoms with Crippen LogP contribution in [0, 0.1) is 12.8 Å². The highest BCUT2D eigenvalue weighted by Crippen LogP contribution is 2.26. The normalized spacial score (nSPS) is 14.5. The number of hydrogen-bond acceptors (Lipinski definition) is 4. The third kappa shape index (κ3) is 11.0. The summed E-state index contributed by atoms with van der Waals surface area (Å²) in [6, 6.07) is 6.16. The standard InChI is InChI=1S/C23H38N4O3.HI/c1-18-9-10-20(21(15-18)30-14-13-29-3)17-27-23(24-2)26-12-11-25-22(28)16-19-7-5-4-6-8-19;/h9-10,15,19H,4-8,11-14,16-17H2,1-3H3,(H,25,28)(H2,24,26,27);1H. The summed E-state index contributed by atoms with van der Waals surface area (Å²) in [4.78, 5) is 16.4. The Kier molecular flexibility index (Phi) is 14.3. The highest BCUT2D eigenvalue weighted by atomic mass is 127. The number of hydrogen-bond donors (Lipinski definition) is 3. The molecular formula is C23H39IN4O3. The van der Waals surface area contributed by atoms with Crippen LogP contribution in [0.3, 0.4) is 0 Å². The number of carbonyl (C=O) groups is 1. The molecule has 0 saturated heterocycles. The molecule has 0 radical (unpaired) electrons. The molecular weight excluding hydrogens is 507 g/mol. The summed E-state index contributed by atoms with van der Waals surface area (Å²) < 4.78 is 10.9. The van der Waals surface area contributed by atoms with Gasteiger partial charge < -0.3 is 25.4 Å². The Morgan fingerprint density at radius 1 is 1.10 bits per heavy atom. The van der Waals surface area contributed by atoms with Crippen molar-refractivity contribution in [2.24, 2.45) is 10.9 Å². The number of nitrogens with zero attached hydrogens (tertiary/aromatic N) is 1. The van der Waals surface area contributed by atoms with Crippen molar-refractivity contribution in [3.63, 3.8) is 0 Å². The van der Waals surface area contributed by atoms with Crippen LogP contribution < -0.4 is 20.7 Å². The van der Waals surface area contributed by atoms with Gasteiger partial charge in [-0.25, -0.2) is 0 Å². The fraction of sp³-hybridized carbons (Fsp3) is 0.652. The van der Waals surface area contributed by atoms with Crippen LogP contribution in [-0.4, -0.2) is 52.3 Å². The lowest BCUT2D eigenvalue weighted by atomic mass is 9.87. The van der Waals surface area contributed by atoms with Gasteiger partial charge in [0.15, 0.2) is 5.96 Å². The van der Waals surface area contributed by atoms with Gasteiger partial charge in [0.2, 0.25) is 5.91 Å². The van der Waals surface area contributed by atoms with Crippen molar-refractivity contribution in [3.8, 4) is 5.75 Å². The van der Waals surface area contributed by atoms with Crippen LogP contribution in [0.15, 0.2) is 23.2 Å². The molecule has 8 heteroatoms. The van der Waals surface area contributed by atoms with Crippen molar-refractivity contribution in [1.29, 1.82) is 0 Å². The minimum Gasteiger partial charge on any atom is -0.491 e. The molecule has 0 aromatic heterocycles. The lowest BCUT2D eigenvalue weighted by Crippen LogP contribution is -2.41. The molecule has 0 spiro atoms. The highest BCUT2D eigenvalue weighted by molar-refractivity contribution is 14.0. The van der Waals surface area contributed by atoms with Crippen molar-refractivity contribution in [2.75, 3.05) is 40.5 Å². The first-order chi connectivity index (χ1) is 14.6. The smallest absolute Gasteiger partial charge is 0.220 e. The maximum atomic E-state index is 12.1. The van der Waals surface area contributed by atoms with Crippen LogP contribution in [0.25, 0.3) is 0 Å². The molecule has 2 rings (SSSR count). The van der Waals surface area contributed by atoms with E-state index in [0.717, 1.165) is 16.9 Å². The van der Waals surface area contributed by atoms with E-state index in [1.807, 2.05) is 13.0 Å². The third-order valence-electron chi connectivity index (χ3n) is 5.38. The van der Waals surface area contributed by atoms with Crippen LogP contribution in [0.5, 0.6) is 5.75 Å². The zero-order valence-electron chi connectivity index (χ0n) is 19.2. The molecule has 1 aliphatic rings. The first kappa shape index (κ1) is 27.5. The zero-order valence-corrected chi connectivity index (χ0v) is 21.5. The van der Waals surface area contributed by atoms with Gasteiger partial charge in [0.25, 0.3) is 0 Å². The van der Waals surface area contributed by atoms with Gasteiger partial charge in [-0.05, 0) is 37.3 Å². The topological polar surface area (TPSA) is 84.0 Å². The Bertz CT molecular complexity index is 679. The molecule has 0 aliphatic heterocycles. The Morgan fingerprint density at radius 2 is 1.84 bits per heavy atom. The molecule has 1 aromatic carbocycles. The van der Waals surface area contributed by atoms with Crippen LogP contribution >= 0.6 is 24.0 Å². The first-order valence-corrected chi connectivity index (χ1v) is 11.0. The average molecular weight is 546 g/mol. The number of methoxy groups -OCH3 is 1. The van der Waals surface area contributed by atoms with E-state index < -0.39 is 0 Å². The quantitative estimate of drug-likeness (QED) is 0.172. The predicted octanol–water partition coefficient (Wildman–Crippen LogP) is 3.39. The van der Waals surface area contributed by atoms with E-state index in [9.17, 15) is 4.79 Å². The molecule has 176 valence electrons. The molecule has 1 aliphatic carbocycles. The van der Waals surface area contributed by atoms with Crippen LogP contribution in [-0.2, 0) is 16.1 Å². The van der Waals surface area contributed by atoms with Crippen LogP contribution in [0.4, 0.5) is 0 Å². The summed E-state index contributed by atoms with van der Waals surface area (Å²) in [5.41, 5.74) is 2.21. The number of amides is 1. The minimum absolute atomic E-state index is 0. The molecule has 1 saturated carbocycles. The van der Waals surface area contributed by atoms with E-state index in [-0.39, 0.29) is 29.9 Å². The molecule has 1 fully saturated rings. The van der Waals surface area contributed by atoms with Gasteiger partial charge in [0.1, 0.15) is 12.4 Å². The third-order valence-corrected chi connectivity index (χ3v) is 5.38. The molecule has 7 nitrogen and oxygen atoms in total. The molecule has 0 heterocycles. The number of nitrogens with one attached hydrogen (secondary N) is 3. The van der Waals surface area contributed by atoms with Crippen molar-refractivity contribution in [3.05, 3.63) is 29.3 Å². The van der Waals surface area contributed by atoms with Gasteiger partial charge in [0, 0.05) is 45.8 Å². The number of carbonyl (C=O) groups excluding carboxylic acids is 1. The van der Waals surface area contributed by atoms with E-state index in [1.165, 1.54) is 32.1 Å². The van der Waals surface area contributed by atoms with Gasteiger partial charge in [-0.1, -0.05) is 31.4 Å². The van der Waals surface area contributed by atoms with E-state index >= 15 is 0 Å². The second-order valence-electron chi connectivity index (χ2n) is 7.86. The lowest BCUT2D eigenvalue weighted by molar-refractivity contribution is -0.122. The number of ether oxygens (including phenoxy) is 2. The maximum absolute atomic E-state index is 12.1. The largest absolute Gasteiger partial charge is 0.491 e. The summed E-state index contributed by atoms with van der Waals surface area (Å²) in [6.07, 6.45) is 6.89. The monoisotopic (exact) mass is 546 g/mol. The van der Waals surface area contributed by atoms with E-state index in [1.54, 1.807) is 14.2 Å². The highest BCUT2D eigenvalue weighted by Gasteiger charge is 2.16. The zero-order chi connectivity index (χ0) is 21.6. The van der Waals surface area contributed by atoms with Crippen LogP contribution in [0.1, 0.15) is 49.7 Å². The molecule has 3 N–H and O–H groups in total. The number of rotatable bonds is 11.